The Morgan fingerprint density at radius 2 is 1.64 bits per heavy atom. The summed E-state index contributed by atoms with van der Waals surface area (Å²) in [5.74, 6) is 4.25. The van der Waals surface area contributed by atoms with E-state index in [0.29, 0.717) is 10.9 Å². The van der Waals surface area contributed by atoms with Crippen molar-refractivity contribution in [2.45, 2.75) is 18.6 Å². The molecule has 0 saturated carbocycles. The van der Waals surface area contributed by atoms with Gasteiger partial charge in [0.2, 0.25) is 0 Å². The van der Waals surface area contributed by atoms with Gasteiger partial charge < -0.3 is 17.0 Å². The molecule has 3 heteroatoms. The van der Waals surface area contributed by atoms with E-state index >= 15 is 0 Å². The molecule has 14 heavy (non-hydrogen) atoms. The van der Waals surface area contributed by atoms with Gasteiger partial charge in [-0.15, -0.1) is 0 Å². The van der Waals surface area contributed by atoms with Crippen molar-refractivity contribution in [3.63, 3.8) is 0 Å². The van der Waals surface area contributed by atoms with E-state index in [9.17, 15) is 0 Å². The lowest BCUT2D eigenvalue weighted by molar-refractivity contribution is -0.00000256. The van der Waals surface area contributed by atoms with E-state index in [2.05, 4.69) is 40.2 Å². The van der Waals surface area contributed by atoms with Crippen LogP contribution in [-0.2, 0) is 16.6 Å². The van der Waals surface area contributed by atoms with Gasteiger partial charge in [-0.3, -0.25) is 0 Å². The van der Waals surface area contributed by atoms with E-state index in [-0.39, 0.29) is 17.0 Å². The summed E-state index contributed by atoms with van der Waals surface area (Å²) < 4.78 is 1.19. The van der Waals surface area contributed by atoms with E-state index in [0.717, 1.165) is 0 Å². The summed E-state index contributed by atoms with van der Waals surface area (Å²) in [6, 6.07) is 8.79. The van der Waals surface area contributed by atoms with Crippen molar-refractivity contribution in [3.8, 4) is 0 Å². The van der Waals surface area contributed by atoms with Gasteiger partial charge in [0, 0.05) is 10.0 Å². The quantitative estimate of drug-likeness (QED) is 0.684. The standard InChI is InChI=1S/C11H14BrS.BrH/c12-11-5-3-10(4-6-11)9-13-7-1-2-8-13;/h3-6H,1-2,7-9H2;1H/q+1;/p-1. The molecule has 0 spiro atoms. The molecule has 1 heterocycles. The Morgan fingerprint density at radius 1 is 1.07 bits per heavy atom. The van der Waals surface area contributed by atoms with Crippen LogP contribution in [0.3, 0.4) is 0 Å². The molecule has 1 saturated heterocycles. The zero-order valence-electron chi connectivity index (χ0n) is 8.01. The predicted octanol–water partition coefficient (Wildman–Crippen LogP) is 0.365. The van der Waals surface area contributed by atoms with E-state index < -0.39 is 0 Å². The summed E-state index contributed by atoms with van der Waals surface area (Å²) in [6.07, 6.45) is 2.92. The SMILES string of the molecule is Brc1ccc(C[S+]2CCCC2)cc1.[Br-]. The lowest BCUT2D eigenvalue weighted by Crippen LogP contribution is -3.00. The Labute approximate surface area is 108 Å². The van der Waals surface area contributed by atoms with Crippen molar-refractivity contribution in [3.05, 3.63) is 34.3 Å². The second-order valence-corrected chi connectivity index (χ2v) is 6.74. The summed E-state index contributed by atoms with van der Waals surface area (Å²) in [5.41, 5.74) is 1.51. The zero-order chi connectivity index (χ0) is 9.10. The first kappa shape index (κ1) is 12.6. The molecule has 0 N–H and O–H groups in total. The van der Waals surface area contributed by atoms with Crippen LogP contribution in [-0.4, -0.2) is 11.5 Å². The first-order chi connectivity index (χ1) is 6.34. The summed E-state index contributed by atoms with van der Waals surface area (Å²) in [5, 5.41) is 0. The number of benzene rings is 1. The second kappa shape index (κ2) is 6.19. The first-order valence-corrected chi connectivity index (χ1v) is 7.25. The maximum atomic E-state index is 3.46. The lowest BCUT2D eigenvalue weighted by Gasteiger charge is -2.00. The Morgan fingerprint density at radius 3 is 2.21 bits per heavy atom. The maximum Gasteiger partial charge on any atom is 0.133 e. The molecule has 0 aromatic heterocycles. The highest BCUT2D eigenvalue weighted by atomic mass is 79.9. The van der Waals surface area contributed by atoms with E-state index in [1.807, 2.05) is 0 Å². The topological polar surface area (TPSA) is 0 Å². The summed E-state index contributed by atoms with van der Waals surface area (Å²) in [7, 11) is 0.700. The molecule has 0 nitrogen and oxygen atoms in total. The molecule has 0 unspecified atom stereocenters. The van der Waals surface area contributed by atoms with Gasteiger partial charge >= 0.3 is 0 Å². The van der Waals surface area contributed by atoms with Crippen molar-refractivity contribution in [1.82, 2.24) is 0 Å². The molecular weight excluding hydrogens is 324 g/mol. The van der Waals surface area contributed by atoms with Crippen LogP contribution in [0.15, 0.2) is 28.7 Å². The van der Waals surface area contributed by atoms with Crippen molar-refractivity contribution in [1.29, 1.82) is 0 Å². The van der Waals surface area contributed by atoms with Gasteiger partial charge in [0.05, 0.1) is 0 Å². The third-order valence-corrected chi connectivity index (χ3v) is 5.40. The molecule has 78 valence electrons. The van der Waals surface area contributed by atoms with Crippen LogP contribution >= 0.6 is 15.9 Å². The molecule has 1 aromatic carbocycles. The summed E-state index contributed by atoms with van der Waals surface area (Å²) in [4.78, 5) is 0. The fourth-order valence-electron chi connectivity index (χ4n) is 1.68. The van der Waals surface area contributed by atoms with Crippen LogP contribution < -0.4 is 17.0 Å². The molecule has 1 aliphatic rings. The largest absolute Gasteiger partial charge is 1.00 e. The maximum absolute atomic E-state index is 3.46. The van der Waals surface area contributed by atoms with Gasteiger partial charge in [-0.1, -0.05) is 28.1 Å². The monoisotopic (exact) mass is 336 g/mol. The number of hydrogen-bond acceptors (Lipinski definition) is 0. The number of rotatable bonds is 2. The molecule has 1 fully saturated rings. The van der Waals surface area contributed by atoms with Crippen molar-refractivity contribution in [2.24, 2.45) is 0 Å². The van der Waals surface area contributed by atoms with E-state index in [4.69, 9.17) is 0 Å². The normalized spacial score (nSPS) is 16.6. The van der Waals surface area contributed by atoms with Gasteiger partial charge in [-0.2, -0.15) is 0 Å². The zero-order valence-corrected chi connectivity index (χ0v) is 12.0. The molecule has 0 amide bonds. The Balaban J connectivity index is 0.000000980. The van der Waals surface area contributed by atoms with Crippen LogP contribution in [0, 0.1) is 0 Å². The van der Waals surface area contributed by atoms with Gasteiger partial charge in [-0.25, -0.2) is 0 Å². The fourth-order valence-corrected chi connectivity index (χ4v) is 4.32. The third-order valence-electron chi connectivity index (χ3n) is 2.40. The van der Waals surface area contributed by atoms with Crippen LogP contribution in [0.2, 0.25) is 0 Å². The average Bonchev–Trinajstić information content (AvgIpc) is 2.62. The third kappa shape index (κ3) is 3.59. The lowest BCUT2D eigenvalue weighted by atomic mass is 10.2. The van der Waals surface area contributed by atoms with Gasteiger partial charge in [0.15, 0.2) is 0 Å². The van der Waals surface area contributed by atoms with Gasteiger partial charge in [0.25, 0.3) is 0 Å². The molecule has 0 aliphatic carbocycles. The Kier molecular flexibility index (Phi) is 5.57. The highest BCUT2D eigenvalue weighted by molar-refractivity contribution is 9.10. The minimum atomic E-state index is 0. The Hall–Kier alpha value is 0.530. The minimum absolute atomic E-state index is 0. The highest BCUT2D eigenvalue weighted by Gasteiger charge is 2.23. The molecule has 0 atom stereocenters. The van der Waals surface area contributed by atoms with Crippen LogP contribution in [0.1, 0.15) is 18.4 Å². The minimum Gasteiger partial charge on any atom is -1.00 e. The van der Waals surface area contributed by atoms with E-state index in [1.165, 1.54) is 40.1 Å². The van der Waals surface area contributed by atoms with Crippen LogP contribution in [0.5, 0.6) is 0 Å². The van der Waals surface area contributed by atoms with Crippen molar-refractivity contribution < 1.29 is 17.0 Å². The molecule has 0 bridgehead atoms. The second-order valence-electron chi connectivity index (χ2n) is 3.50. The van der Waals surface area contributed by atoms with E-state index in [1.54, 1.807) is 0 Å². The van der Waals surface area contributed by atoms with Crippen molar-refractivity contribution in [2.75, 3.05) is 11.5 Å². The number of hydrogen-bond donors (Lipinski definition) is 0. The van der Waals surface area contributed by atoms with Gasteiger partial charge in [0.1, 0.15) is 17.3 Å². The van der Waals surface area contributed by atoms with Crippen LogP contribution in [0.4, 0.5) is 0 Å². The highest BCUT2D eigenvalue weighted by Crippen LogP contribution is 2.19. The molecule has 0 radical (unpaired) electrons. The fraction of sp³-hybridized carbons (Fsp3) is 0.455. The Bertz CT molecular complexity index is 265. The smallest absolute Gasteiger partial charge is 0.133 e. The molecule has 1 aromatic rings. The molecule has 1 aliphatic heterocycles. The predicted molar refractivity (Wildman–Crippen MR) is 64.2 cm³/mol. The average molecular weight is 338 g/mol. The van der Waals surface area contributed by atoms with Crippen molar-refractivity contribution >= 4 is 26.8 Å². The van der Waals surface area contributed by atoms with Gasteiger partial charge in [-0.05, 0) is 35.9 Å². The number of halogens is 2. The summed E-state index contributed by atoms with van der Waals surface area (Å²) >= 11 is 3.46. The van der Waals surface area contributed by atoms with Crippen LogP contribution in [0.25, 0.3) is 0 Å². The first-order valence-electron chi connectivity index (χ1n) is 4.73. The molecule has 2 rings (SSSR count). The molecular formula is C11H14Br2S. The summed E-state index contributed by atoms with van der Waals surface area (Å²) in [6.45, 7) is 0.